The third kappa shape index (κ3) is 3.54. The molecule has 0 aliphatic rings. The molecule has 104 valence electrons. The maximum atomic E-state index is 11.1. The largest absolute Gasteiger partial charge is 0.478 e. The van der Waals surface area contributed by atoms with Crippen LogP contribution in [0.3, 0.4) is 0 Å². The molecule has 0 unspecified atom stereocenters. The maximum absolute atomic E-state index is 11.1. The summed E-state index contributed by atoms with van der Waals surface area (Å²) in [7, 11) is 0. The lowest BCUT2D eigenvalue weighted by atomic mass is 10.1. The first kappa shape index (κ1) is 14.5. The van der Waals surface area contributed by atoms with Crippen molar-refractivity contribution >= 4 is 21.9 Å². The quantitative estimate of drug-likeness (QED) is 0.917. The van der Waals surface area contributed by atoms with Crippen LogP contribution in [0.4, 0.5) is 0 Å². The predicted molar refractivity (Wildman–Crippen MR) is 77.3 cm³/mol. The fraction of sp³-hybridized carbons (Fsp3) is 0.214. The normalized spacial score (nSPS) is 10.6. The summed E-state index contributed by atoms with van der Waals surface area (Å²) in [4.78, 5) is 19.4. The highest BCUT2D eigenvalue weighted by molar-refractivity contribution is 9.10. The SMILES string of the molecule is CC(C)c1cc(C(=O)O)cc(Oc2cncc(Br)c2)n1. The van der Waals surface area contributed by atoms with E-state index in [9.17, 15) is 4.79 Å². The molecule has 0 saturated carbocycles. The first-order chi connectivity index (χ1) is 9.45. The smallest absolute Gasteiger partial charge is 0.335 e. The number of aromatic carboxylic acids is 1. The minimum absolute atomic E-state index is 0.109. The number of hydrogen-bond acceptors (Lipinski definition) is 4. The molecule has 2 aromatic rings. The van der Waals surface area contributed by atoms with Gasteiger partial charge >= 0.3 is 5.97 Å². The topological polar surface area (TPSA) is 72.3 Å². The number of pyridine rings is 2. The van der Waals surface area contributed by atoms with Crippen molar-refractivity contribution in [3.8, 4) is 11.6 Å². The first-order valence-corrected chi connectivity index (χ1v) is 6.78. The number of carbonyl (C=O) groups is 1. The molecule has 1 N–H and O–H groups in total. The van der Waals surface area contributed by atoms with Crippen molar-refractivity contribution in [2.45, 2.75) is 19.8 Å². The van der Waals surface area contributed by atoms with Crippen LogP contribution in [0.25, 0.3) is 0 Å². The van der Waals surface area contributed by atoms with Crippen LogP contribution in [0.2, 0.25) is 0 Å². The summed E-state index contributed by atoms with van der Waals surface area (Å²) in [6.07, 6.45) is 3.17. The number of halogens is 1. The van der Waals surface area contributed by atoms with Gasteiger partial charge in [-0.1, -0.05) is 13.8 Å². The van der Waals surface area contributed by atoms with Crippen LogP contribution in [0.15, 0.2) is 35.1 Å². The molecule has 0 saturated heterocycles. The Morgan fingerprint density at radius 2 is 2.05 bits per heavy atom. The molecule has 5 nitrogen and oxygen atoms in total. The van der Waals surface area contributed by atoms with Gasteiger partial charge in [0.05, 0.1) is 11.8 Å². The van der Waals surface area contributed by atoms with Crippen LogP contribution in [0, 0.1) is 0 Å². The van der Waals surface area contributed by atoms with Crippen molar-refractivity contribution in [3.63, 3.8) is 0 Å². The summed E-state index contributed by atoms with van der Waals surface area (Å²) in [5, 5.41) is 9.12. The molecule has 2 rings (SSSR count). The number of hydrogen-bond donors (Lipinski definition) is 1. The molecule has 2 heterocycles. The van der Waals surface area contributed by atoms with E-state index in [0.717, 1.165) is 4.47 Å². The average molecular weight is 337 g/mol. The summed E-state index contributed by atoms with van der Waals surface area (Å²) in [6.45, 7) is 3.89. The molecular formula is C14H13BrN2O3. The Morgan fingerprint density at radius 1 is 1.30 bits per heavy atom. The summed E-state index contributed by atoms with van der Waals surface area (Å²) in [5.74, 6) is -0.165. The second-order valence-corrected chi connectivity index (χ2v) is 5.44. The van der Waals surface area contributed by atoms with Crippen molar-refractivity contribution in [1.29, 1.82) is 0 Å². The van der Waals surface area contributed by atoms with E-state index in [4.69, 9.17) is 9.84 Å². The van der Waals surface area contributed by atoms with E-state index in [2.05, 4.69) is 25.9 Å². The molecule has 20 heavy (non-hydrogen) atoms. The van der Waals surface area contributed by atoms with Gasteiger partial charge in [0.1, 0.15) is 5.75 Å². The molecule has 0 fully saturated rings. The van der Waals surface area contributed by atoms with Crippen molar-refractivity contribution in [2.24, 2.45) is 0 Å². The van der Waals surface area contributed by atoms with E-state index < -0.39 is 5.97 Å². The Hall–Kier alpha value is -1.95. The Bertz CT molecular complexity index is 644. The highest BCUT2D eigenvalue weighted by atomic mass is 79.9. The summed E-state index contributed by atoms with van der Waals surface area (Å²) in [5.41, 5.74) is 0.824. The van der Waals surface area contributed by atoms with Gasteiger partial charge in [0.2, 0.25) is 5.88 Å². The van der Waals surface area contributed by atoms with Crippen LogP contribution in [-0.4, -0.2) is 21.0 Å². The molecule has 0 radical (unpaired) electrons. The van der Waals surface area contributed by atoms with Gasteiger partial charge in [-0.25, -0.2) is 9.78 Å². The number of aromatic nitrogens is 2. The molecule has 0 atom stereocenters. The highest BCUT2D eigenvalue weighted by Gasteiger charge is 2.12. The fourth-order valence-electron chi connectivity index (χ4n) is 1.57. The monoisotopic (exact) mass is 336 g/mol. The third-order valence-electron chi connectivity index (χ3n) is 2.56. The van der Waals surface area contributed by atoms with E-state index in [1.807, 2.05) is 13.8 Å². The van der Waals surface area contributed by atoms with E-state index in [0.29, 0.717) is 11.4 Å². The van der Waals surface area contributed by atoms with Gasteiger partial charge in [-0.2, -0.15) is 0 Å². The van der Waals surface area contributed by atoms with E-state index >= 15 is 0 Å². The van der Waals surface area contributed by atoms with Crippen molar-refractivity contribution in [3.05, 3.63) is 46.3 Å². The molecule has 0 bridgehead atoms. The van der Waals surface area contributed by atoms with Crippen LogP contribution in [0.1, 0.15) is 35.8 Å². The first-order valence-electron chi connectivity index (χ1n) is 5.99. The minimum atomic E-state index is -1.01. The Morgan fingerprint density at radius 3 is 2.65 bits per heavy atom. The van der Waals surface area contributed by atoms with Gasteiger partial charge in [0.25, 0.3) is 0 Å². The fourth-order valence-corrected chi connectivity index (χ4v) is 1.91. The molecule has 0 amide bonds. The zero-order valence-corrected chi connectivity index (χ0v) is 12.6. The van der Waals surface area contributed by atoms with Gasteiger partial charge in [0, 0.05) is 22.4 Å². The van der Waals surface area contributed by atoms with Gasteiger partial charge < -0.3 is 9.84 Å². The van der Waals surface area contributed by atoms with Crippen molar-refractivity contribution in [2.75, 3.05) is 0 Å². The molecule has 0 aromatic carbocycles. The zero-order valence-electron chi connectivity index (χ0n) is 11.0. The lowest BCUT2D eigenvalue weighted by Crippen LogP contribution is -2.03. The van der Waals surface area contributed by atoms with E-state index in [-0.39, 0.29) is 17.4 Å². The molecule has 0 spiro atoms. The number of nitrogens with zero attached hydrogens (tertiary/aromatic N) is 2. The second-order valence-electron chi connectivity index (χ2n) is 4.52. The Kier molecular flexibility index (Phi) is 4.34. The van der Waals surface area contributed by atoms with Gasteiger partial charge in [-0.05, 0) is 34.0 Å². The van der Waals surface area contributed by atoms with Crippen LogP contribution in [-0.2, 0) is 0 Å². The van der Waals surface area contributed by atoms with Gasteiger partial charge in [-0.15, -0.1) is 0 Å². The number of carboxylic acid groups (broad SMARTS) is 1. The number of carboxylic acids is 1. The van der Waals surface area contributed by atoms with Crippen molar-refractivity contribution in [1.82, 2.24) is 9.97 Å². The Labute approximate surface area is 124 Å². The van der Waals surface area contributed by atoms with Gasteiger partial charge in [-0.3, -0.25) is 4.98 Å². The van der Waals surface area contributed by atoms with Crippen LogP contribution >= 0.6 is 15.9 Å². The summed E-state index contributed by atoms with van der Waals surface area (Å²) in [6, 6.07) is 4.69. The number of ether oxygens (including phenoxy) is 1. The lowest BCUT2D eigenvalue weighted by molar-refractivity contribution is 0.0696. The number of rotatable bonds is 4. The van der Waals surface area contributed by atoms with E-state index in [1.165, 1.54) is 12.3 Å². The summed E-state index contributed by atoms with van der Waals surface area (Å²) >= 11 is 3.29. The Balaban J connectivity index is 2.38. The second kappa shape index (κ2) is 6.00. The van der Waals surface area contributed by atoms with Crippen LogP contribution in [0.5, 0.6) is 11.6 Å². The van der Waals surface area contributed by atoms with Crippen LogP contribution < -0.4 is 4.74 Å². The minimum Gasteiger partial charge on any atom is -0.478 e. The summed E-state index contributed by atoms with van der Waals surface area (Å²) < 4.78 is 6.35. The predicted octanol–water partition coefficient (Wildman–Crippen LogP) is 3.85. The lowest BCUT2D eigenvalue weighted by Gasteiger charge is -2.10. The molecule has 0 aliphatic carbocycles. The highest BCUT2D eigenvalue weighted by Crippen LogP contribution is 2.25. The molecule has 2 aromatic heterocycles. The van der Waals surface area contributed by atoms with Crippen molar-refractivity contribution < 1.29 is 14.6 Å². The standard InChI is InChI=1S/C14H13BrN2O3/c1-8(2)12-3-9(14(18)19)4-13(17-12)20-11-5-10(15)6-16-7-11/h3-8H,1-2H3,(H,18,19). The van der Waals surface area contributed by atoms with Gasteiger partial charge in [0.15, 0.2) is 0 Å². The maximum Gasteiger partial charge on any atom is 0.335 e. The zero-order chi connectivity index (χ0) is 14.7. The molecule has 0 aliphatic heterocycles. The molecule has 6 heteroatoms. The van der Waals surface area contributed by atoms with E-state index in [1.54, 1.807) is 18.3 Å². The molecular weight excluding hydrogens is 324 g/mol. The average Bonchev–Trinajstić information content (AvgIpc) is 2.38. The third-order valence-corrected chi connectivity index (χ3v) is 3.00.